The van der Waals surface area contributed by atoms with E-state index in [4.69, 9.17) is 6.57 Å². The van der Waals surface area contributed by atoms with Crippen molar-refractivity contribution >= 4 is 27.5 Å². The number of benzene rings is 7. The molecule has 0 saturated carbocycles. The monoisotopic (exact) mass is 615 g/mol. The molecule has 0 saturated heterocycles. The highest BCUT2D eigenvalue weighted by atomic mass is 19.1. The quantitative estimate of drug-likeness (QED) is 0.177. The summed E-state index contributed by atoms with van der Waals surface area (Å²) >= 11 is 0. The Bertz CT molecular complexity index is 2380. The van der Waals surface area contributed by atoms with Crippen molar-refractivity contribution in [1.29, 1.82) is 5.26 Å². The van der Waals surface area contributed by atoms with E-state index in [0.29, 0.717) is 27.9 Å². The predicted octanol–water partition coefficient (Wildman–Crippen LogP) is 12.0. The van der Waals surface area contributed by atoms with Gasteiger partial charge in [-0.25, -0.2) is 9.24 Å². The molecule has 0 aliphatic rings. The van der Waals surface area contributed by atoms with E-state index >= 15 is 4.39 Å². The summed E-state index contributed by atoms with van der Waals surface area (Å²) in [6, 6.07) is 54.3. The van der Waals surface area contributed by atoms with E-state index in [1.807, 2.05) is 97.1 Å². The molecule has 0 bridgehead atoms. The normalized spacial score (nSPS) is 11.0. The SMILES string of the molecule is [C-]#[N+]c1c(F)c(C#N)c(-c2ccccc2)c(-n2c3cc(-c4ccccc4)ccc3c3ccc(-c4ccccc4)cc32)c1-c1ccccc1. The van der Waals surface area contributed by atoms with Crippen LogP contribution in [0.1, 0.15) is 5.56 Å². The lowest BCUT2D eigenvalue weighted by molar-refractivity contribution is 0.630. The van der Waals surface area contributed by atoms with E-state index in [1.54, 1.807) is 0 Å². The minimum Gasteiger partial charge on any atom is -0.309 e. The summed E-state index contributed by atoms with van der Waals surface area (Å²) in [7, 11) is 0. The lowest BCUT2D eigenvalue weighted by Gasteiger charge is -2.23. The first kappa shape index (κ1) is 28.7. The van der Waals surface area contributed by atoms with Crippen molar-refractivity contribution < 1.29 is 4.39 Å². The second kappa shape index (κ2) is 11.9. The van der Waals surface area contributed by atoms with Gasteiger partial charge in [-0.3, -0.25) is 0 Å². The third kappa shape index (κ3) is 4.64. The average Bonchev–Trinajstić information content (AvgIpc) is 3.48. The largest absolute Gasteiger partial charge is 0.309 e. The summed E-state index contributed by atoms with van der Waals surface area (Å²) < 4.78 is 18.7. The Hall–Kier alpha value is -6.75. The molecule has 1 aromatic heterocycles. The topological polar surface area (TPSA) is 33.1 Å². The van der Waals surface area contributed by atoms with Crippen LogP contribution in [-0.2, 0) is 0 Å². The molecule has 3 nitrogen and oxygen atoms in total. The van der Waals surface area contributed by atoms with E-state index in [1.165, 1.54) is 0 Å². The smallest absolute Gasteiger partial charge is 0.233 e. The molecule has 0 atom stereocenters. The first-order valence-electron chi connectivity index (χ1n) is 15.6. The molecule has 0 unspecified atom stereocenters. The molecule has 48 heavy (non-hydrogen) atoms. The maximum atomic E-state index is 16.5. The standard InChI is InChI=1S/C44H26FN3/c1-47-43-41(32-20-12-5-13-21-32)44(40(37(28-46)42(43)45)31-18-10-4-11-19-31)48-38-26-33(29-14-6-2-7-15-29)22-24-35(38)36-25-23-34(27-39(36)48)30-16-8-3-9-17-30/h2-27H. The number of aromatic nitrogens is 1. The van der Waals surface area contributed by atoms with E-state index < -0.39 is 5.82 Å². The van der Waals surface area contributed by atoms with Crippen LogP contribution in [0, 0.1) is 23.7 Å². The van der Waals surface area contributed by atoms with Crippen molar-refractivity contribution in [2.45, 2.75) is 0 Å². The molecule has 1 heterocycles. The van der Waals surface area contributed by atoms with Crippen LogP contribution >= 0.6 is 0 Å². The predicted molar refractivity (Wildman–Crippen MR) is 193 cm³/mol. The molecule has 4 heteroatoms. The molecular weight excluding hydrogens is 590 g/mol. The minimum absolute atomic E-state index is 0.157. The van der Waals surface area contributed by atoms with Gasteiger partial charge in [0, 0.05) is 21.9 Å². The summed E-state index contributed by atoms with van der Waals surface area (Å²) in [4.78, 5) is 3.76. The van der Waals surface area contributed by atoms with E-state index in [9.17, 15) is 5.26 Å². The Labute approximate surface area is 277 Å². The van der Waals surface area contributed by atoms with Gasteiger partial charge in [-0.15, -0.1) is 0 Å². The average molecular weight is 616 g/mol. The third-order valence-electron chi connectivity index (χ3n) is 8.94. The third-order valence-corrected chi connectivity index (χ3v) is 8.94. The Kier molecular flexibility index (Phi) is 7.10. The van der Waals surface area contributed by atoms with Crippen molar-refractivity contribution in [3.05, 3.63) is 181 Å². The summed E-state index contributed by atoms with van der Waals surface area (Å²) in [5.41, 5.74) is 8.44. The molecule has 8 rings (SSSR count). The highest BCUT2D eigenvalue weighted by Gasteiger charge is 2.29. The van der Waals surface area contributed by atoms with Crippen molar-refractivity contribution in [2.24, 2.45) is 0 Å². The number of halogens is 1. The Morgan fingerprint density at radius 2 is 0.938 bits per heavy atom. The highest BCUT2D eigenvalue weighted by Crippen LogP contribution is 2.49. The van der Waals surface area contributed by atoms with Gasteiger partial charge in [0.2, 0.25) is 5.69 Å². The lowest BCUT2D eigenvalue weighted by atomic mass is 9.89. The fraction of sp³-hybridized carbons (Fsp3) is 0. The number of hydrogen-bond acceptors (Lipinski definition) is 1. The van der Waals surface area contributed by atoms with Gasteiger partial charge in [-0.2, -0.15) is 5.26 Å². The first-order valence-corrected chi connectivity index (χ1v) is 15.6. The molecule has 0 amide bonds. The molecule has 0 spiro atoms. The van der Waals surface area contributed by atoms with Gasteiger partial charge in [0.15, 0.2) is 0 Å². The Balaban J connectivity index is 1.63. The van der Waals surface area contributed by atoms with Gasteiger partial charge in [0.25, 0.3) is 0 Å². The van der Waals surface area contributed by atoms with Gasteiger partial charge >= 0.3 is 0 Å². The number of nitrogens with zero attached hydrogens (tertiary/aromatic N) is 3. The zero-order chi connectivity index (χ0) is 32.6. The lowest BCUT2D eigenvalue weighted by Crippen LogP contribution is -2.05. The molecular formula is C44H26FN3. The van der Waals surface area contributed by atoms with Gasteiger partial charge < -0.3 is 4.57 Å². The summed E-state index contributed by atoms with van der Waals surface area (Å²) in [5.74, 6) is -0.815. The number of hydrogen-bond donors (Lipinski definition) is 0. The van der Waals surface area contributed by atoms with Crippen LogP contribution in [-0.4, -0.2) is 4.57 Å². The van der Waals surface area contributed by atoms with E-state index in [-0.39, 0.29) is 11.3 Å². The van der Waals surface area contributed by atoms with Gasteiger partial charge in [0.05, 0.1) is 28.9 Å². The van der Waals surface area contributed by atoms with Crippen LogP contribution in [0.15, 0.2) is 158 Å². The van der Waals surface area contributed by atoms with E-state index in [0.717, 1.165) is 44.1 Å². The Morgan fingerprint density at radius 3 is 1.35 bits per heavy atom. The maximum absolute atomic E-state index is 16.5. The Morgan fingerprint density at radius 1 is 0.521 bits per heavy atom. The summed E-state index contributed by atoms with van der Waals surface area (Å²) in [6.45, 7) is 8.23. The van der Waals surface area contributed by atoms with Crippen molar-refractivity contribution in [3.63, 3.8) is 0 Å². The second-order valence-electron chi connectivity index (χ2n) is 11.6. The van der Waals surface area contributed by atoms with Crippen molar-refractivity contribution in [2.75, 3.05) is 0 Å². The second-order valence-corrected chi connectivity index (χ2v) is 11.6. The first-order chi connectivity index (χ1) is 23.7. The van der Waals surface area contributed by atoms with Gasteiger partial charge in [-0.05, 0) is 45.5 Å². The summed E-state index contributed by atoms with van der Waals surface area (Å²) in [5, 5.41) is 12.6. The molecule has 0 fully saturated rings. The highest BCUT2D eigenvalue weighted by molar-refractivity contribution is 6.13. The van der Waals surface area contributed by atoms with Crippen LogP contribution in [0.3, 0.4) is 0 Å². The molecule has 0 radical (unpaired) electrons. The zero-order valence-corrected chi connectivity index (χ0v) is 25.7. The van der Waals surface area contributed by atoms with Gasteiger partial charge in [0.1, 0.15) is 11.9 Å². The van der Waals surface area contributed by atoms with Crippen LogP contribution < -0.4 is 0 Å². The zero-order valence-electron chi connectivity index (χ0n) is 25.7. The van der Waals surface area contributed by atoms with Gasteiger partial charge in [-0.1, -0.05) is 146 Å². The van der Waals surface area contributed by atoms with Crippen LogP contribution in [0.2, 0.25) is 0 Å². The minimum atomic E-state index is -0.815. The molecule has 8 aromatic rings. The molecule has 7 aromatic carbocycles. The summed E-state index contributed by atoms with van der Waals surface area (Å²) in [6.07, 6.45) is 0. The molecule has 224 valence electrons. The molecule has 0 N–H and O–H groups in total. The molecule has 0 aliphatic carbocycles. The fourth-order valence-corrected chi connectivity index (χ4v) is 6.77. The number of fused-ring (bicyclic) bond motifs is 3. The van der Waals surface area contributed by atoms with Crippen LogP contribution in [0.5, 0.6) is 0 Å². The van der Waals surface area contributed by atoms with E-state index in [2.05, 4.69) is 76.1 Å². The number of rotatable bonds is 5. The maximum Gasteiger partial charge on any atom is 0.233 e. The number of nitriles is 1. The fourth-order valence-electron chi connectivity index (χ4n) is 6.77. The van der Waals surface area contributed by atoms with Crippen LogP contribution in [0.4, 0.5) is 10.1 Å². The van der Waals surface area contributed by atoms with Crippen LogP contribution in [0.25, 0.3) is 76.8 Å². The van der Waals surface area contributed by atoms with Crippen molar-refractivity contribution in [3.8, 4) is 56.3 Å². The molecule has 0 aliphatic heterocycles. The van der Waals surface area contributed by atoms with Crippen molar-refractivity contribution in [1.82, 2.24) is 4.57 Å².